The fraction of sp³-hybridized carbons (Fsp3) is 0.700. The van der Waals surface area contributed by atoms with Gasteiger partial charge in [-0.1, -0.05) is 13.8 Å². The van der Waals surface area contributed by atoms with Crippen molar-refractivity contribution in [2.24, 2.45) is 11.8 Å². The van der Waals surface area contributed by atoms with E-state index in [-0.39, 0.29) is 0 Å². The van der Waals surface area contributed by atoms with E-state index in [4.69, 9.17) is 5.84 Å². The van der Waals surface area contributed by atoms with E-state index in [9.17, 15) is 0 Å². The van der Waals surface area contributed by atoms with Crippen LogP contribution in [-0.4, -0.2) is 22.5 Å². The van der Waals surface area contributed by atoms with Crippen LogP contribution in [0.4, 0.5) is 0 Å². The highest BCUT2D eigenvalue weighted by molar-refractivity contribution is 7.99. The Morgan fingerprint density at radius 2 is 2.33 bits per heavy atom. The molecule has 1 atom stereocenters. The average molecular weight is 245 g/mol. The summed E-state index contributed by atoms with van der Waals surface area (Å²) >= 11 is 3.65. The highest BCUT2D eigenvalue weighted by Gasteiger charge is 2.09. The summed E-state index contributed by atoms with van der Waals surface area (Å²) in [5.74, 6) is 8.53. The van der Waals surface area contributed by atoms with Gasteiger partial charge in [0, 0.05) is 29.3 Å². The fourth-order valence-corrected chi connectivity index (χ4v) is 2.98. The molecule has 0 aliphatic carbocycles. The van der Waals surface area contributed by atoms with E-state index >= 15 is 0 Å². The Morgan fingerprint density at radius 3 is 2.87 bits per heavy atom. The van der Waals surface area contributed by atoms with Gasteiger partial charge in [-0.05, 0) is 11.7 Å². The second-order valence-corrected chi connectivity index (χ2v) is 6.01. The smallest absolute Gasteiger partial charge is 0.0794 e. The molecule has 3 N–H and O–H groups in total. The van der Waals surface area contributed by atoms with Crippen LogP contribution in [0, 0.1) is 5.92 Å². The molecule has 1 aromatic rings. The minimum atomic E-state index is 0.356. The normalized spacial score (nSPS) is 13.3. The molecule has 3 nitrogen and oxygen atoms in total. The van der Waals surface area contributed by atoms with E-state index in [1.54, 1.807) is 11.3 Å². The molecular formula is C10H19N3S2. The van der Waals surface area contributed by atoms with Crippen LogP contribution in [0.15, 0.2) is 11.7 Å². The number of hydrazine groups is 1. The summed E-state index contributed by atoms with van der Waals surface area (Å²) in [6.45, 7) is 4.47. The number of hydrogen-bond donors (Lipinski definition) is 2. The van der Waals surface area contributed by atoms with Crippen LogP contribution in [-0.2, 0) is 6.42 Å². The zero-order chi connectivity index (χ0) is 11.1. The Balaban J connectivity index is 2.24. The fourth-order valence-electron chi connectivity index (χ4n) is 1.20. The van der Waals surface area contributed by atoms with Gasteiger partial charge in [0.1, 0.15) is 0 Å². The zero-order valence-corrected chi connectivity index (χ0v) is 10.9. The predicted octanol–water partition coefficient (Wildman–Crippen LogP) is 1.91. The molecule has 0 aromatic carbocycles. The minimum Gasteiger partial charge on any atom is -0.271 e. The average Bonchev–Trinajstić information content (AvgIpc) is 2.68. The zero-order valence-electron chi connectivity index (χ0n) is 9.27. The Kier molecular flexibility index (Phi) is 6.24. The van der Waals surface area contributed by atoms with E-state index in [1.165, 1.54) is 10.6 Å². The van der Waals surface area contributed by atoms with Crippen molar-refractivity contribution < 1.29 is 0 Å². The van der Waals surface area contributed by atoms with Crippen molar-refractivity contribution in [3.05, 3.63) is 16.6 Å². The molecule has 1 rings (SSSR count). The second kappa shape index (κ2) is 7.22. The Bertz CT molecular complexity index is 249. The molecule has 1 aromatic heterocycles. The third kappa shape index (κ3) is 5.51. The standard InChI is InChI=1S/C10H19N3S2/c1-8(2)5-14-6-9(13-11)3-10-4-12-7-15-10/h4,7-9,13H,3,5-6,11H2,1-2H3. The van der Waals surface area contributed by atoms with Gasteiger partial charge in [0.25, 0.3) is 0 Å². The van der Waals surface area contributed by atoms with Gasteiger partial charge in [0.2, 0.25) is 0 Å². The van der Waals surface area contributed by atoms with Crippen LogP contribution < -0.4 is 11.3 Å². The molecule has 0 bridgehead atoms. The van der Waals surface area contributed by atoms with Crippen molar-refractivity contribution >= 4 is 23.1 Å². The van der Waals surface area contributed by atoms with Gasteiger partial charge in [0.15, 0.2) is 0 Å². The number of nitrogens with zero attached hydrogens (tertiary/aromatic N) is 1. The van der Waals surface area contributed by atoms with Crippen LogP contribution in [0.3, 0.4) is 0 Å². The van der Waals surface area contributed by atoms with Crippen molar-refractivity contribution in [2.75, 3.05) is 11.5 Å². The van der Waals surface area contributed by atoms with Gasteiger partial charge < -0.3 is 0 Å². The summed E-state index contributed by atoms with van der Waals surface area (Å²) in [6.07, 6.45) is 2.90. The van der Waals surface area contributed by atoms with E-state index < -0.39 is 0 Å². The molecule has 0 amide bonds. The van der Waals surface area contributed by atoms with Gasteiger partial charge in [-0.2, -0.15) is 11.8 Å². The molecule has 0 saturated carbocycles. The summed E-state index contributed by atoms with van der Waals surface area (Å²) in [5, 5.41) is 0. The van der Waals surface area contributed by atoms with Crippen LogP contribution in [0.25, 0.3) is 0 Å². The highest BCUT2D eigenvalue weighted by Crippen LogP contribution is 2.13. The van der Waals surface area contributed by atoms with Crippen molar-refractivity contribution in [1.82, 2.24) is 10.4 Å². The molecule has 0 radical (unpaired) electrons. The highest BCUT2D eigenvalue weighted by atomic mass is 32.2. The van der Waals surface area contributed by atoms with Crippen molar-refractivity contribution in [1.29, 1.82) is 0 Å². The van der Waals surface area contributed by atoms with Crippen LogP contribution in [0.5, 0.6) is 0 Å². The van der Waals surface area contributed by atoms with Crippen molar-refractivity contribution in [2.45, 2.75) is 26.3 Å². The molecule has 0 aliphatic rings. The Morgan fingerprint density at radius 1 is 1.53 bits per heavy atom. The Hall–Kier alpha value is -0.100. The van der Waals surface area contributed by atoms with Gasteiger partial charge in [-0.25, -0.2) is 0 Å². The van der Waals surface area contributed by atoms with E-state index in [1.807, 2.05) is 23.5 Å². The summed E-state index contributed by atoms with van der Waals surface area (Å²) in [4.78, 5) is 5.36. The summed E-state index contributed by atoms with van der Waals surface area (Å²) < 4.78 is 0. The first kappa shape index (κ1) is 13.0. The number of rotatable bonds is 7. The minimum absolute atomic E-state index is 0.356. The number of thioether (sulfide) groups is 1. The number of nitrogens with two attached hydrogens (primary N) is 1. The molecule has 1 unspecified atom stereocenters. The molecule has 5 heteroatoms. The topological polar surface area (TPSA) is 50.9 Å². The van der Waals surface area contributed by atoms with Crippen molar-refractivity contribution in [3.63, 3.8) is 0 Å². The van der Waals surface area contributed by atoms with E-state index in [2.05, 4.69) is 24.3 Å². The maximum atomic E-state index is 5.53. The van der Waals surface area contributed by atoms with E-state index in [0.29, 0.717) is 6.04 Å². The molecule has 15 heavy (non-hydrogen) atoms. The number of nitrogens with one attached hydrogen (secondary N) is 1. The number of thiazole rings is 1. The first-order valence-electron chi connectivity index (χ1n) is 5.13. The largest absolute Gasteiger partial charge is 0.271 e. The molecule has 86 valence electrons. The van der Waals surface area contributed by atoms with Crippen molar-refractivity contribution in [3.8, 4) is 0 Å². The van der Waals surface area contributed by atoms with Gasteiger partial charge in [-0.3, -0.25) is 16.3 Å². The van der Waals surface area contributed by atoms with Gasteiger partial charge >= 0.3 is 0 Å². The molecule has 0 fully saturated rings. The van der Waals surface area contributed by atoms with Crippen LogP contribution in [0.2, 0.25) is 0 Å². The predicted molar refractivity (Wildman–Crippen MR) is 69.1 cm³/mol. The summed E-state index contributed by atoms with van der Waals surface area (Å²) in [5.41, 5.74) is 4.74. The monoisotopic (exact) mass is 245 g/mol. The lowest BCUT2D eigenvalue weighted by Gasteiger charge is -2.14. The maximum absolute atomic E-state index is 5.53. The first-order chi connectivity index (χ1) is 7.22. The van der Waals surface area contributed by atoms with E-state index in [0.717, 1.165) is 18.1 Å². The molecule has 0 spiro atoms. The second-order valence-electron chi connectivity index (χ2n) is 3.97. The summed E-state index contributed by atoms with van der Waals surface area (Å²) in [7, 11) is 0. The Labute approximate surface area is 99.8 Å². The molecule has 0 aliphatic heterocycles. The quantitative estimate of drug-likeness (QED) is 0.569. The molecule has 1 heterocycles. The van der Waals surface area contributed by atoms with Crippen LogP contribution in [0.1, 0.15) is 18.7 Å². The lowest BCUT2D eigenvalue weighted by Crippen LogP contribution is -2.38. The third-order valence-corrected chi connectivity index (χ3v) is 4.28. The third-order valence-electron chi connectivity index (χ3n) is 1.94. The lowest BCUT2D eigenvalue weighted by molar-refractivity contribution is 0.578. The first-order valence-corrected chi connectivity index (χ1v) is 7.17. The molecule has 0 saturated heterocycles. The van der Waals surface area contributed by atoms with Gasteiger partial charge in [0.05, 0.1) is 5.51 Å². The lowest BCUT2D eigenvalue weighted by atomic mass is 10.2. The number of aromatic nitrogens is 1. The molecular weight excluding hydrogens is 226 g/mol. The number of hydrogen-bond acceptors (Lipinski definition) is 5. The maximum Gasteiger partial charge on any atom is 0.0794 e. The van der Waals surface area contributed by atoms with Crippen LogP contribution >= 0.6 is 23.1 Å². The SMILES string of the molecule is CC(C)CSCC(Cc1cncs1)NN. The van der Waals surface area contributed by atoms with Gasteiger partial charge in [-0.15, -0.1) is 11.3 Å². The summed E-state index contributed by atoms with van der Waals surface area (Å²) in [6, 6.07) is 0.356.